The van der Waals surface area contributed by atoms with Crippen LogP contribution in [0.3, 0.4) is 0 Å². The highest BCUT2D eigenvalue weighted by Crippen LogP contribution is 2.38. The highest BCUT2D eigenvalue weighted by molar-refractivity contribution is 5.75. The third-order valence-electron chi connectivity index (χ3n) is 9.43. The molecule has 4 rings (SSSR count). The fraction of sp³-hybridized carbons (Fsp3) is 0.686. The van der Waals surface area contributed by atoms with Crippen LogP contribution in [0.25, 0.3) is 11.4 Å². The van der Waals surface area contributed by atoms with Gasteiger partial charge in [0.1, 0.15) is 5.75 Å². The minimum absolute atomic E-state index is 0.0454. The molecule has 39 heavy (non-hydrogen) atoms. The van der Waals surface area contributed by atoms with Gasteiger partial charge >= 0.3 is 5.97 Å². The number of aromatic nitrogens is 2. The molecular formula is C35H52N2O2. The first-order chi connectivity index (χ1) is 19.2. The van der Waals surface area contributed by atoms with E-state index in [9.17, 15) is 4.79 Å². The lowest BCUT2D eigenvalue weighted by molar-refractivity contribution is -0.140. The number of hydrogen-bond donors (Lipinski definition) is 0. The summed E-state index contributed by atoms with van der Waals surface area (Å²) in [4.78, 5) is 22.1. The smallest absolute Gasteiger partial charge is 0.314 e. The minimum Gasteiger partial charge on any atom is -0.426 e. The summed E-state index contributed by atoms with van der Waals surface area (Å²) in [5.41, 5.74) is 2.24. The molecule has 4 heteroatoms. The summed E-state index contributed by atoms with van der Waals surface area (Å²) in [6.45, 7) is 4.54. The van der Waals surface area contributed by atoms with Crippen LogP contribution in [0, 0.1) is 17.8 Å². The molecular weight excluding hydrogens is 480 g/mol. The number of esters is 1. The van der Waals surface area contributed by atoms with Crippen LogP contribution in [-0.2, 0) is 4.79 Å². The third kappa shape index (κ3) is 9.43. The Morgan fingerprint density at radius 3 is 1.92 bits per heavy atom. The Balaban J connectivity index is 1.19. The van der Waals surface area contributed by atoms with Crippen LogP contribution in [0.1, 0.15) is 141 Å². The molecule has 2 aliphatic rings. The van der Waals surface area contributed by atoms with E-state index >= 15 is 0 Å². The maximum atomic E-state index is 12.7. The van der Waals surface area contributed by atoms with Crippen LogP contribution in [0.4, 0.5) is 0 Å². The highest BCUT2D eigenvalue weighted by Gasteiger charge is 2.27. The van der Waals surface area contributed by atoms with E-state index in [1.54, 1.807) is 0 Å². The van der Waals surface area contributed by atoms with E-state index in [-0.39, 0.29) is 11.9 Å². The summed E-state index contributed by atoms with van der Waals surface area (Å²) >= 11 is 0. The second-order valence-electron chi connectivity index (χ2n) is 12.4. The van der Waals surface area contributed by atoms with Gasteiger partial charge in [-0.1, -0.05) is 78.1 Å². The highest BCUT2D eigenvalue weighted by atomic mass is 16.5. The van der Waals surface area contributed by atoms with Crippen molar-refractivity contribution in [1.82, 2.24) is 9.97 Å². The summed E-state index contributed by atoms with van der Waals surface area (Å²) in [5.74, 6) is 3.64. The Labute approximate surface area is 237 Å². The quantitative estimate of drug-likeness (QED) is 0.138. The Morgan fingerprint density at radius 1 is 0.718 bits per heavy atom. The van der Waals surface area contributed by atoms with E-state index < -0.39 is 0 Å². The van der Waals surface area contributed by atoms with Crippen molar-refractivity contribution in [3.8, 4) is 17.1 Å². The van der Waals surface area contributed by atoms with Crippen molar-refractivity contribution >= 4 is 5.97 Å². The molecule has 4 nitrogen and oxygen atoms in total. The van der Waals surface area contributed by atoms with E-state index in [1.165, 1.54) is 95.5 Å². The van der Waals surface area contributed by atoms with E-state index in [2.05, 4.69) is 13.8 Å². The molecule has 0 aliphatic heterocycles. The lowest BCUT2D eigenvalue weighted by Crippen LogP contribution is -2.25. The molecule has 1 heterocycles. The van der Waals surface area contributed by atoms with Gasteiger partial charge in [-0.25, -0.2) is 9.97 Å². The number of ether oxygens (including phenoxy) is 1. The number of nitrogens with zero attached hydrogens (tertiary/aromatic N) is 2. The van der Waals surface area contributed by atoms with E-state index in [1.807, 2.05) is 36.7 Å². The third-order valence-corrected chi connectivity index (χ3v) is 9.43. The zero-order valence-corrected chi connectivity index (χ0v) is 24.7. The molecule has 1 aromatic carbocycles. The molecule has 0 bridgehead atoms. The zero-order chi connectivity index (χ0) is 27.3. The van der Waals surface area contributed by atoms with Gasteiger partial charge in [0.05, 0.1) is 5.92 Å². The zero-order valence-electron chi connectivity index (χ0n) is 24.7. The fourth-order valence-corrected chi connectivity index (χ4v) is 6.75. The second kappa shape index (κ2) is 16.1. The Morgan fingerprint density at radius 2 is 1.28 bits per heavy atom. The molecule has 2 fully saturated rings. The van der Waals surface area contributed by atoms with Crippen LogP contribution in [0.2, 0.25) is 0 Å². The van der Waals surface area contributed by atoms with Crippen molar-refractivity contribution in [1.29, 1.82) is 0 Å². The normalized spacial score (nSPS) is 23.4. The number of hydrogen-bond acceptors (Lipinski definition) is 4. The van der Waals surface area contributed by atoms with Crippen LogP contribution in [0.5, 0.6) is 5.75 Å². The second-order valence-corrected chi connectivity index (χ2v) is 12.4. The van der Waals surface area contributed by atoms with Gasteiger partial charge in [-0.2, -0.15) is 0 Å². The average Bonchev–Trinajstić information content (AvgIpc) is 2.99. The van der Waals surface area contributed by atoms with E-state index in [4.69, 9.17) is 14.7 Å². The lowest BCUT2D eigenvalue weighted by atomic mass is 9.77. The van der Waals surface area contributed by atoms with Gasteiger partial charge in [-0.05, 0) is 98.9 Å². The number of unbranched alkanes of at least 4 members (excludes halogenated alkanes) is 6. The summed E-state index contributed by atoms with van der Waals surface area (Å²) < 4.78 is 5.73. The number of carbonyl (C=O) groups is 1. The monoisotopic (exact) mass is 532 g/mol. The van der Waals surface area contributed by atoms with Crippen molar-refractivity contribution in [2.24, 2.45) is 17.8 Å². The van der Waals surface area contributed by atoms with Crippen LogP contribution in [-0.4, -0.2) is 15.9 Å². The van der Waals surface area contributed by atoms with Crippen LogP contribution < -0.4 is 4.74 Å². The standard InChI is InChI=1S/C35H52N2O2/c1-3-5-7-8-9-10-12-28-13-17-29(18-14-28)32-25-36-34(37-26-32)30-21-23-33(24-22-30)39-35(38)31-19-15-27(16-20-31)11-6-4-2/h21-29,31H,3-20H2,1-2H3/t27-,28-,29-,31-. The topological polar surface area (TPSA) is 52.1 Å². The predicted molar refractivity (Wildman–Crippen MR) is 161 cm³/mol. The molecule has 0 atom stereocenters. The van der Waals surface area contributed by atoms with Crippen molar-refractivity contribution in [2.45, 2.75) is 135 Å². The number of carbonyl (C=O) groups excluding carboxylic acids is 1. The van der Waals surface area contributed by atoms with Gasteiger partial charge in [0.25, 0.3) is 0 Å². The average molecular weight is 533 g/mol. The van der Waals surface area contributed by atoms with Gasteiger partial charge in [-0.15, -0.1) is 0 Å². The summed E-state index contributed by atoms with van der Waals surface area (Å²) in [6.07, 6.45) is 27.2. The SMILES string of the molecule is CCCCCCCC[C@H]1CC[C@H](c2cnc(-c3ccc(OC(=O)[C@H]4CC[C@H](CCCC)CC4)cc3)nc2)CC1. The maximum Gasteiger partial charge on any atom is 0.314 e. The Kier molecular flexibility index (Phi) is 12.3. The Bertz CT molecular complexity index is 955. The van der Waals surface area contributed by atoms with Gasteiger partial charge < -0.3 is 4.74 Å². The van der Waals surface area contributed by atoms with Crippen LogP contribution in [0.15, 0.2) is 36.7 Å². The van der Waals surface area contributed by atoms with Gasteiger partial charge in [0.2, 0.25) is 0 Å². The number of benzene rings is 1. The molecule has 2 saturated carbocycles. The molecule has 0 radical (unpaired) electrons. The predicted octanol–water partition coefficient (Wildman–Crippen LogP) is 10.1. The summed E-state index contributed by atoms with van der Waals surface area (Å²) in [5, 5.41) is 0. The van der Waals surface area contributed by atoms with Crippen molar-refractivity contribution < 1.29 is 9.53 Å². The first-order valence-electron chi connectivity index (χ1n) is 16.3. The van der Waals surface area contributed by atoms with Gasteiger partial charge in [-0.3, -0.25) is 4.79 Å². The molecule has 0 N–H and O–H groups in total. The molecule has 214 valence electrons. The molecule has 2 aromatic rings. The van der Waals surface area contributed by atoms with E-state index in [0.29, 0.717) is 11.7 Å². The molecule has 0 saturated heterocycles. The van der Waals surface area contributed by atoms with Gasteiger partial charge in [0.15, 0.2) is 5.82 Å². The van der Waals surface area contributed by atoms with Crippen molar-refractivity contribution in [3.05, 3.63) is 42.2 Å². The van der Waals surface area contributed by atoms with Crippen molar-refractivity contribution in [2.75, 3.05) is 0 Å². The van der Waals surface area contributed by atoms with Crippen LogP contribution >= 0.6 is 0 Å². The van der Waals surface area contributed by atoms with Gasteiger partial charge in [0, 0.05) is 18.0 Å². The van der Waals surface area contributed by atoms with E-state index in [0.717, 1.165) is 48.9 Å². The number of rotatable bonds is 14. The summed E-state index contributed by atoms with van der Waals surface area (Å²) in [6, 6.07) is 7.68. The first-order valence-corrected chi connectivity index (χ1v) is 16.3. The maximum absolute atomic E-state index is 12.7. The largest absolute Gasteiger partial charge is 0.426 e. The van der Waals surface area contributed by atoms with Crippen molar-refractivity contribution in [3.63, 3.8) is 0 Å². The molecule has 2 aliphatic carbocycles. The Hall–Kier alpha value is -2.23. The molecule has 0 unspecified atom stereocenters. The summed E-state index contributed by atoms with van der Waals surface area (Å²) in [7, 11) is 0. The first kappa shape index (κ1) is 29.7. The molecule has 1 aromatic heterocycles. The fourth-order valence-electron chi connectivity index (χ4n) is 6.75. The lowest BCUT2D eigenvalue weighted by Gasteiger charge is -2.28. The molecule has 0 amide bonds. The minimum atomic E-state index is -0.0704. The molecule has 0 spiro atoms.